The van der Waals surface area contributed by atoms with Crippen molar-refractivity contribution in [2.24, 2.45) is 5.73 Å². The maximum atomic E-state index is 13.5. The number of pyridine rings is 3. The summed E-state index contributed by atoms with van der Waals surface area (Å²) in [6, 6.07) is 0.438. The van der Waals surface area contributed by atoms with Crippen molar-refractivity contribution in [1.29, 1.82) is 0 Å². The van der Waals surface area contributed by atoms with Gasteiger partial charge in [-0.3, -0.25) is 43.2 Å². The van der Waals surface area contributed by atoms with Crippen LogP contribution in [0.4, 0.5) is 0 Å². The molecule has 0 unspecified atom stereocenters. The van der Waals surface area contributed by atoms with E-state index in [0.29, 0.717) is 75.2 Å². The molecule has 0 radical (unpaired) electrons. The van der Waals surface area contributed by atoms with Crippen LogP contribution in [0, 0.1) is 20.8 Å². The van der Waals surface area contributed by atoms with E-state index in [1.54, 1.807) is 47.6 Å². The number of carbonyl (C=O) groups excluding carboxylic acids is 6. The predicted octanol–water partition coefficient (Wildman–Crippen LogP) is -0.666. The number of aromatic nitrogens is 3. The van der Waals surface area contributed by atoms with Gasteiger partial charge in [-0.25, -0.2) is 0 Å². The second-order valence-electron chi connectivity index (χ2n) is 15.7. The smallest absolute Gasteiger partial charge is 0.325 e. The number of hydrogen-bond acceptors (Lipinski definition) is 14. The topological polar surface area (TPSA) is 325 Å². The van der Waals surface area contributed by atoms with Crippen LogP contribution in [0.15, 0.2) is 51.2 Å². The number of unbranched alkanes of at least 4 members (excludes halogenated alkanes) is 3. The molecule has 0 aliphatic carbocycles. The molecule has 0 aromatic carbocycles. The van der Waals surface area contributed by atoms with Gasteiger partial charge in [-0.15, -0.1) is 0 Å². The Kier molecular flexibility index (Phi) is 21.6. The number of nitrogens with zero attached hydrogens (tertiary/aromatic N) is 3. The minimum Gasteiger partial charge on any atom is -0.503 e. The van der Waals surface area contributed by atoms with Gasteiger partial charge in [0, 0.05) is 56.4 Å². The molecule has 0 saturated carbocycles. The van der Waals surface area contributed by atoms with Gasteiger partial charge in [0.15, 0.2) is 17.2 Å². The number of aryl methyl sites for hydroxylation is 3. The molecule has 3 rings (SSSR count). The Balaban J connectivity index is 1.60. The fourth-order valence-electron chi connectivity index (χ4n) is 6.87. The number of rotatable bonds is 27. The largest absolute Gasteiger partial charge is 0.503 e. The third kappa shape index (κ3) is 16.9. The molecule has 5 amide bonds. The highest BCUT2D eigenvalue weighted by Gasteiger charge is 2.25. The van der Waals surface area contributed by atoms with Crippen LogP contribution in [0.5, 0.6) is 17.2 Å². The van der Waals surface area contributed by atoms with Crippen LogP contribution in [-0.4, -0.2) is 109 Å². The number of nitrogens with one attached hydrogen (secondary N) is 5. The number of nitrogens with two attached hydrogens (primary N) is 1. The van der Waals surface area contributed by atoms with E-state index in [1.807, 2.05) is 0 Å². The van der Waals surface area contributed by atoms with Crippen LogP contribution >= 0.6 is 0 Å². The Morgan fingerprint density at radius 3 is 1.29 bits per heavy atom. The van der Waals surface area contributed by atoms with Gasteiger partial charge in [-0.2, -0.15) is 0 Å². The average Bonchev–Trinajstić information content (AvgIpc) is 3.29. The Morgan fingerprint density at radius 2 is 0.909 bits per heavy atom. The average molecular weight is 926 g/mol. The Bertz CT molecular complexity index is 2360. The van der Waals surface area contributed by atoms with Crippen LogP contribution in [-0.2, 0) is 53.1 Å². The Hall–Kier alpha value is -6.97. The molecule has 0 bridgehead atoms. The zero-order valence-electron chi connectivity index (χ0n) is 37.9. The lowest BCUT2D eigenvalue weighted by Crippen LogP contribution is -2.53. The molecule has 3 atom stereocenters. The first-order chi connectivity index (χ1) is 31.3. The summed E-state index contributed by atoms with van der Waals surface area (Å²) in [7, 11) is 0. The van der Waals surface area contributed by atoms with Crippen molar-refractivity contribution in [3.05, 3.63) is 84.5 Å². The first-order valence-corrected chi connectivity index (χ1v) is 21.8. The summed E-state index contributed by atoms with van der Waals surface area (Å²) in [5, 5.41) is 42.5. The molecule has 3 aromatic rings. The van der Waals surface area contributed by atoms with E-state index < -0.39 is 89.6 Å². The Morgan fingerprint density at radius 1 is 0.561 bits per heavy atom. The maximum absolute atomic E-state index is 13.5. The monoisotopic (exact) mass is 925 g/mol. The van der Waals surface area contributed by atoms with Crippen LogP contribution in [0.3, 0.4) is 0 Å². The molecular formula is C44H63N9O13. The zero-order valence-corrected chi connectivity index (χ0v) is 37.9. The molecule has 3 aromatic heterocycles. The molecule has 3 heterocycles. The van der Waals surface area contributed by atoms with Crippen molar-refractivity contribution in [3.8, 4) is 17.2 Å². The highest BCUT2D eigenvalue weighted by molar-refractivity contribution is 5.94. The second-order valence-corrected chi connectivity index (χ2v) is 15.7. The van der Waals surface area contributed by atoms with E-state index in [1.165, 1.54) is 30.6 Å². The van der Waals surface area contributed by atoms with Gasteiger partial charge >= 0.3 is 5.97 Å². The standard InChI is InChI=1S/C44H63N9O13/c1-5-66-38(59)26-48-44(65)32(14-8-11-20-53-23-17-35(56)41(62)29(53)4)50-37(58)25-47-43(64)31(13-7-10-19-52-22-16-34(55)40(61)28(52)3)49-36(57)24-46-42(63)30(45)12-6-9-18-51-21-15-33(54)39(60)27(51)2/h15-17,21-23,30-32,60-62H,5-14,18-20,24-26,45H2,1-4H3,(H,46,63)(H,47,64)(H,48,65)(H,49,57)(H,50,58)/t30-,31-,32-/m0/s1. The number of amides is 5. The third-order valence-electron chi connectivity index (χ3n) is 10.9. The van der Waals surface area contributed by atoms with Crippen molar-refractivity contribution >= 4 is 35.5 Å². The van der Waals surface area contributed by atoms with Crippen LogP contribution in [0.25, 0.3) is 0 Å². The first-order valence-electron chi connectivity index (χ1n) is 21.8. The van der Waals surface area contributed by atoms with E-state index in [-0.39, 0.29) is 43.1 Å². The quantitative estimate of drug-likeness (QED) is 0.0339. The van der Waals surface area contributed by atoms with Gasteiger partial charge in [0.25, 0.3) is 0 Å². The summed E-state index contributed by atoms with van der Waals surface area (Å²) in [6.45, 7) is 6.12. The van der Waals surface area contributed by atoms with E-state index in [0.717, 1.165) is 0 Å². The lowest BCUT2D eigenvalue weighted by molar-refractivity contribution is -0.143. The summed E-state index contributed by atoms with van der Waals surface area (Å²) in [6.07, 6.45) is 7.85. The summed E-state index contributed by atoms with van der Waals surface area (Å²) >= 11 is 0. The lowest BCUT2D eigenvalue weighted by atomic mass is 10.1. The number of esters is 1. The van der Waals surface area contributed by atoms with Crippen molar-refractivity contribution in [2.75, 3.05) is 26.2 Å². The summed E-state index contributed by atoms with van der Waals surface area (Å²) in [5.41, 5.74) is 5.68. The van der Waals surface area contributed by atoms with E-state index >= 15 is 0 Å². The maximum Gasteiger partial charge on any atom is 0.325 e. The van der Waals surface area contributed by atoms with Crippen molar-refractivity contribution in [3.63, 3.8) is 0 Å². The van der Waals surface area contributed by atoms with Gasteiger partial charge in [0.1, 0.15) is 18.6 Å². The van der Waals surface area contributed by atoms with Gasteiger partial charge in [0.05, 0.1) is 42.8 Å². The van der Waals surface area contributed by atoms with Crippen molar-refractivity contribution in [1.82, 2.24) is 40.3 Å². The summed E-state index contributed by atoms with van der Waals surface area (Å²) in [5.74, 6) is -5.28. The highest BCUT2D eigenvalue weighted by Crippen LogP contribution is 2.14. The van der Waals surface area contributed by atoms with Crippen molar-refractivity contribution in [2.45, 2.75) is 123 Å². The Labute approximate surface area is 380 Å². The molecule has 0 aliphatic heterocycles. The van der Waals surface area contributed by atoms with E-state index in [4.69, 9.17) is 10.5 Å². The number of carbonyl (C=O) groups is 6. The fraction of sp³-hybridized carbons (Fsp3) is 0.523. The molecule has 10 N–H and O–H groups in total. The summed E-state index contributed by atoms with van der Waals surface area (Å²) in [4.78, 5) is 113. The summed E-state index contributed by atoms with van der Waals surface area (Å²) < 4.78 is 9.92. The van der Waals surface area contributed by atoms with Gasteiger partial charge in [-0.05, 0) is 85.5 Å². The molecule has 0 fully saturated rings. The molecule has 22 heteroatoms. The molecule has 0 saturated heterocycles. The third-order valence-corrected chi connectivity index (χ3v) is 10.9. The van der Waals surface area contributed by atoms with Crippen LogP contribution in [0.2, 0.25) is 0 Å². The molecule has 22 nitrogen and oxygen atoms in total. The van der Waals surface area contributed by atoms with E-state index in [9.17, 15) is 58.5 Å². The van der Waals surface area contributed by atoms with Gasteiger partial charge in [-0.1, -0.05) is 0 Å². The number of aromatic hydroxyl groups is 3. The lowest BCUT2D eigenvalue weighted by Gasteiger charge is -2.21. The van der Waals surface area contributed by atoms with Crippen LogP contribution < -0.4 is 48.6 Å². The SMILES string of the molecule is CCOC(=O)CNC(=O)[C@H](CCCCn1ccc(=O)c(O)c1C)NC(=O)CNC(=O)[C@H](CCCCn1ccc(=O)c(O)c1C)NC(=O)CNC(=O)[C@@H](N)CCCCn1ccc(=O)c(O)c1C. The molecule has 0 spiro atoms. The zero-order chi connectivity index (χ0) is 48.9. The van der Waals surface area contributed by atoms with Gasteiger partial charge < -0.3 is 66.1 Å². The van der Waals surface area contributed by atoms with Gasteiger partial charge in [0.2, 0.25) is 45.8 Å². The number of hydrogen-bond donors (Lipinski definition) is 9. The normalized spacial score (nSPS) is 12.3. The second kappa shape index (κ2) is 26.7. The van der Waals surface area contributed by atoms with Crippen LogP contribution in [0.1, 0.15) is 81.8 Å². The predicted molar refractivity (Wildman–Crippen MR) is 240 cm³/mol. The molecule has 66 heavy (non-hydrogen) atoms. The fourth-order valence-corrected chi connectivity index (χ4v) is 6.87. The van der Waals surface area contributed by atoms with E-state index in [2.05, 4.69) is 26.6 Å². The minimum absolute atomic E-state index is 0.0797. The van der Waals surface area contributed by atoms with Crippen molar-refractivity contribution < 1.29 is 48.8 Å². The molecule has 0 aliphatic rings. The molecule has 362 valence electrons. The molecular weight excluding hydrogens is 863 g/mol. The number of ether oxygens (including phenoxy) is 1. The first kappa shape index (κ1) is 53.4. The highest BCUT2D eigenvalue weighted by atomic mass is 16.5. The minimum atomic E-state index is -1.18.